The molecule has 118 valence electrons. The van der Waals surface area contributed by atoms with Crippen LogP contribution in [0.5, 0.6) is 0 Å². The summed E-state index contributed by atoms with van der Waals surface area (Å²) >= 11 is 0. The largest absolute Gasteiger partial charge is 0.314 e. The predicted molar refractivity (Wildman–Crippen MR) is 89.0 cm³/mol. The smallest absolute Gasteiger partial charge is 0.00129 e. The summed E-state index contributed by atoms with van der Waals surface area (Å²) in [5, 5.41) is 3.77. The first kappa shape index (κ1) is 16.3. The number of nitrogens with one attached hydrogen (secondary N) is 1. The van der Waals surface area contributed by atoms with Crippen molar-refractivity contribution in [2.45, 2.75) is 97.4 Å². The summed E-state index contributed by atoms with van der Waals surface area (Å²) in [7, 11) is 0. The lowest BCUT2D eigenvalue weighted by Crippen LogP contribution is -2.41. The van der Waals surface area contributed by atoms with Gasteiger partial charge in [0.05, 0.1) is 0 Å². The fourth-order valence-electron chi connectivity index (χ4n) is 4.83. The van der Waals surface area contributed by atoms with E-state index in [2.05, 4.69) is 26.1 Å². The number of rotatable bonds is 10. The number of hydrogen-bond donors (Lipinski definition) is 1. The second kappa shape index (κ2) is 7.82. The standard InChI is InChI=1S/C19H37N/c1-4-5-6-7-8-9-12-19(15-20-16(2)3)14-17-10-11-18(19)13-17/h16-18,20H,4-15H2,1-3H3. The van der Waals surface area contributed by atoms with Crippen LogP contribution in [0.15, 0.2) is 0 Å². The molecule has 0 aromatic rings. The molecule has 0 amide bonds. The fourth-order valence-corrected chi connectivity index (χ4v) is 4.83. The van der Waals surface area contributed by atoms with Crippen molar-refractivity contribution in [1.29, 1.82) is 0 Å². The Hall–Kier alpha value is -0.0400. The third kappa shape index (κ3) is 4.23. The minimum absolute atomic E-state index is 0.649. The van der Waals surface area contributed by atoms with Crippen molar-refractivity contribution in [2.75, 3.05) is 6.54 Å². The van der Waals surface area contributed by atoms with E-state index in [-0.39, 0.29) is 0 Å². The Morgan fingerprint density at radius 1 is 1.05 bits per heavy atom. The van der Waals surface area contributed by atoms with Crippen molar-refractivity contribution in [3.05, 3.63) is 0 Å². The van der Waals surface area contributed by atoms with Gasteiger partial charge in [-0.2, -0.15) is 0 Å². The van der Waals surface area contributed by atoms with Gasteiger partial charge in [0, 0.05) is 12.6 Å². The number of unbranched alkanes of at least 4 members (excludes halogenated alkanes) is 5. The van der Waals surface area contributed by atoms with E-state index in [1.165, 1.54) is 70.8 Å². The Balaban J connectivity index is 1.75. The van der Waals surface area contributed by atoms with Gasteiger partial charge in [0.25, 0.3) is 0 Å². The van der Waals surface area contributed by atoms with Gasteiger partial charge in [0.15, 0.2) is 0 Å². The summed E-state index contributed by atoms with van der Waals surface area (Å²) in [6.45, 7) is 8.19. The fraction of sp³-hybridized carbons (Fsp3) is 1.00. The molecule has 1 N–H and O–H groups in total. The van der Waals surface area contributed by atoms with E-state index in [1.54, 1.807) is 6.42 Å². The number of fused-ring (bicyclic) bond motifs is 2. The van der Waals surface area contributed by atoms with Gasteiger partial charge in [0.2, 0.25) is 0 Å². The zero-order valence-corrected chi connectivity index (χ0v) is 14.2. The SMILES string of the molecule is CCCCCCCCC1(CNC(C)C)CC2CCC1C2. The maximum absolute atomic E-state index is 3.77. The molecular weight excluding hydrogens is 242 g/mol. The van der Waals surface area contributed by atoms with E-state index in [0.29, 0.717) is 11.5 Å². The molecule has 0 radical (unpaired) electrons. The van der Waals surface area contributed by atoms with Gasteiger partial charge < -0.3 is 5.32 Å². The van der Waals surface area contributed by atoms with Crippen molar-refractivity contribution in [1.82, 2.24) is 5.32 Å². The van der Waals surface area contributed by atoms with Crippen molar-refractivity contribution in [2.24, 2.45) is 17.3 Å². The minimum Gasteiger partial charge on any atom is -0.314 e. The summed E-state index contributed by atoms with van der Waals surface area (Å²) in [5.74, 6) is 2.13. The topological polar surface area (TPSA) is 12.0 Å². The highest BCUT2D eigenvalue weighted by Crippen LogP contribution is 2.57. The monoisotopic (exact) mass is 279 g/mol. The van der Waals surface area contributed by atoms with Gasteiger partial charge in [-0.1, -0.05) is 65.7 Å². The van der Waals surface area contributed by atoms with Crippen LogP contribution in [0, 0.1) is 17.3 Å². The molecule has 0 aliphatic heterocycles. The molecule has 1 heteroatoms. The molecule has 3 atom stereocenters. The van der Waals surface area contributed by atoms with E-state index in [1.807, 2.05) is 0 Å². The third-order valence-electron chi connectivity index (χ3n) is 5.99. The molecule has 2 rings (SSSR count). The molecule has 3 unspecified atom stereocenters. The second-order valence-electron chi connectivity index (χ2n) is 8.00. The minimum atomic E-state index is 0.649. The van der Waals surface area contributed by atoms with Crippen LogP contribution in [0.2, 0.25) is 0 Å². The lowest BCUT2D eigenvalue weighted by molar-refractivity contribution is 0.134. The molecule has 0 spiro atoms. The van der Waals surface area contributed by atoms with Gasteiger partial charge in [-0.05, 0) is 42.9 Å². The van der Waals surface area contributed by atoms with E-state index in [9.17, 15) is 0 Å². The third-order valence-corrected chi connectivity index (χ3v) is 5.99. The summed E-state index contributed by atoms with van der Waals surface area (Å²) in [6.07, 6.45) is 16.3. The van der Waals surface area contributed by atoms with Gasteiger partial charge in [0.1, 0.15) is 0 Å². The predicted octanol–water partition coefficient (Wildman–Crippen LogP) is 5.54. The molecule has 2 bridgehead atoms. The molecule has 20 heavy (non-hydrogen) atoms. The summed E-state index contributed by atoms with van der Waals surface area (Å²) in [6, 6.07) is 0.649. The molecular formula is C19H37N. The molecule has 0 aromatic heterocycles. The first-order valence-electron chi connectivity index (χ1n) is 9.39. The van der Waals surface area contributed by atoms with E-state index in [0.717, 1.165) is 11.8 Å². The van der Waals surface area contributed by atoms with Gasteiger partial charge in [-0.3, -0.25) is 0 Å². The first-order valence-corrected chi connectivity index (χ1v) is 9.39. The zero-order valence-electron chi connectivity index (χ0n) is 14.2. The van der Waals surface area contributed by atoms with Crippen LogP contribution in [0.4, 0.5) is 0 Å². The Bertz CT molecular complexity index is 273. The van der Waals surface area contributed by atoms with Crippen LogP contribution in [-0.2, 0) is 0 Å². The average Bonchev–Trinajstić information content (AvgIpc) is 3.01. The van der Waals surface area contributed by atoms with E-state index in [4.69, 9.17) is 0 Å². The molecule has 2 fully saturated rings. The lowest BCUT2D eigenvalue weighted by atomic mass is 9.69. The molecule has 2 aliphatic carbocycles. The van der Waals surface area contributed by atoms with Gasteiger partial charge in [-0.25, -0.2) is 0 Å². The van der Waals surface area contributed by atoms with Gasteiger partial charge in [-0.15, -0.1) is 0 Å². The van der Waals surface area contributed by atoms with Crippen LogP contribution >= 0.6 is 0 Å². The molecule has 0 saturated heterocycles. The molecule has 0 heterocycles. The second-order valence-corrected chi connectivity index (χ2v) is 8.00. The summed E-state index contributed by atoms with van der Waals surface area (Å²) in [5.41, 5.74) is 0.679. The van der Waals surface area contributed by atoms with Crippen LogP contribution in [0.25, 0.3) is 0 Å². The van der Waals surface area contributed by atoms with Crippen molar-refractivity contribution in [3.8, 4) is 0 Å². The van der Waals surface area contributed by atoms with Crippen LogP contribution in [0.1, 0.15) is 91.4 Å². The Morgan fingerprint density at radius 3 is 2.40 bits per heavy atom. The molecule has 2 aliphatic rings. The Morgan fingerprint density at radius 2 is 1.80 bits per heavy atom. The van der Waals surface area contributed by atoms with Gasteiger partial charge >= 0.3 is 0 Å². The zero-order chi connectivity index (χ0) is 14.4. The molecule has 0 aromatic carbocycles. The number of hydrogen-bond acceptors (Lipinski definition) is 1. The quantitative estimate of drug-likeness (QED) is 0.518. The maximum atomic E-state index is 3.77. The highest BCUT2D eigenvalue weighted by molar-refractivity contribution is 5.01. The molecule has 2 saturated carbocycles. The highest BCUT2D eigenvalue weighted by atomic mass is 14.9. The van der Waals surface area contributed by atoms with Crippen LogP contribution in [0.3, 0.4) is 0 Å². The normalized spacial score (nSPS) is 32.4. The average molecular weight is 280 g/mol. The Kier molecular flexibility index (Phi) is 6.39. The van der Waals surface area contributed by atoms with Crippen molar-refractivity contribution >= 4 is 0 Å². The van der Waals surface area contributed by atoms with E-state index >= 15 is 0 Å². The Labute approximate surface area is 127 Å². The maximum Gasteiger partial charge on any atom is 0.00129 e. The van der Waals surface area contributed by atoms with E-state index < -0.39 is 0 Å². The van der Waals surface area contributed by atoms with Crippen molar-refractivity contribution < 1.29 is 0 Å². The van der Waals surface area contributed by atoms with Crippen molar-refractivity contribution in [3.63, 3.8) is 0 Å². The molecule has 1 nitrogen and oxygen atoms in total. The summed E-state index contributed by atoms with van der Waals surface area (Å²) < 4.78 is 0. The highest BCUT2D eigenvalue weighted by Gasteiger charge is 2.49. The summed E-state index contributed by atoms with van der Waals surface area (Å²) in [4.78, 5) is 0. The van der Waals surface area contributed by atoms with Crippen LogP contribution in [-0.4, -0.2) is 12.6 Å². The first-order chi connectivity index (χ1) is 9.66. The van der Waals surface area contributed by atoms with Crippen LogP contribution < -0.4 is 5.32 Å². The lowest BCUT2D eigenvalue weighted by Gasteiger charge is -2.39.